The van der Waals surface area contributed by atoms with Gasteiger partial charge in [-0.3, -0.25) is 4.79 Å². The van der Waals surface area contributed by atoms with Crippen LogP contribution < -0.4 is 10.5 Å². The van der Waals surface area contributed by atoms with E-state index in [4.69, 9.17) is 6.42 Å². The minimum atomic E-state index is -0.101. The summed E-state index contributed by atoms with van der Waals surface area (Å²) in [5, 5.41) is 4.09. The minimum Gasteiger partial charge on any atom is -0.373 e. The minimum absolute atomic E-state index is 0.101. The summed E-state index contributed by atoms with van der Waals surface area (Å²) < 4.78 is 1.39. The van der Waals surface area contributed by atoms with Crippen molar-refractivity contribution in [3.05, 3.63) is 22.6 Å². The summed E-state index contributed by atoms with van der Waals surface area (Å²) in [6.07, 6.45) is 8.41. The second-order valence-electron chi connectivity index (χ2n) is 3.65. The van der Waals surface area contributed by atoms with Crippen molar-refractivity contribution >= 4 is 5.69 Å². The molecule has 0 bridgehead atoms. The third-order valence-electron chi connectivity index (χ3n) is 2.32. The average Bonchev–Trinajstić information content (AvgIpc) is 2.27. The third kappa shape index (κ3) is 3.13. The Bertz CT molecular complexity index is 431. The normalized spacial score (nSPS) is 9.81. The van der Waals surface area contributed by atoms with E-state index in [1.807, 2.05) is 11.9 Å². The standard InChI is InChI=1S/C12H17N3O/c1-4-6-8-15-12(16)9-11(10-13-15)14(3)7-5-2/h1,9-10H,5-8H2,2-3H3. The van der Waals surface area contributed by atoms with Gasteiger partial charge in [-0.05, 0) is 6.42 Å². The second-order valence-corrected chi connectivity index (χ2v) is 3.65. The Morgan fingerprint density at radius 2 is 2.38 bits per heavy atom. The molecule has 0 N–H and O–H groups in total. The quantitative estimate of drug-likeness (QED) is 0.696. The van der Waals surface area contributed by atoms with Gasteiger partial charge in [-0.25, -0.2) is 4.68 Å². The predicted molar refractivity (Wildman–Crippen MR) is 65.5 cm³/mol. The van der Waals surface area contributed by atoms with E-state index >= 15 is 0 Å². The molecule has 0 aliphatic heterocycles. The predicted octanol–water partition coefficient (Wildman–Crippen LogP) is 1.11. The fraction of sp³-hybridized carbons (Fsp3) is 0.500. The molecule has 0 fully saturated rings. The second kappa shape index (κ2) is 5.96. The van der Waals surface area contributed by atoms with Crippen LogP contribution in [0.25, 0.3) is 0 Å². The first-order valence-corrected chi connectivity index (χ1v) is 5.40. The molecule has 0 saturated carbocycles. The van der Waals surface area contributed by atoms with E-state index in [-0.39, 0.29) is 5.56 Å². The first-order chi connectivity index (χ1) is 7.69. The van der Waals surface area contributed by atoms with E-state index in [9.17, 15) is 4.79 Å². The molecule has 1 heterocycles. The maximum atomic E-state index is 11.7. The van der Waals surface area contributed by atoms with Crippen LogP contribution in [0.5, 0.6) is 0 Å². The summed E-state index contributed by atoms with van der Waals surface area (Å²) in [5.41, 5.74) is 0.750. The van der Waals surface area contributed by atoms with E-state index in [2.05, 4.69) is 17.9 Å². The van der Waals surface area contributed by atoms with E-state index in [0.29, 0.717) is 13.0 Å². The zero-order valence-corrected chi connectivity index (χ0v) is 9.81. The molecule has 0 aliphatic rings. The van der Waals surface area contributed by atoms with E-state index in [0.717, 1.165) is 18.7 Å². The van der Waals surface area contributed by atoms with Crippen LogP contribution in [0.1, 0.15) is 19.8 Å². The SMILES string of the molecule is C#CCCn1ncc(N(C)CCC)cc1=O. The highest BCUT2D eigenvalue weighted by Crippen LogP contribution is 2.06. The fourth-order valence-corrected chi connectivity index (χ4v) is 1.44. The van der Waals surface area contributed by atoms with Crippen LogP contribution in [0.3, 0.4) is 0 Å². The molecular formula is C12H17N3O. The van der Waals surface area contributed by atoms with Crippen molar-refractivity contribution in [3.63, 3.8) is 0 Å². The summed E-state index contributed by atoms with van der Waals surface area (Å²) in [6, 6.07) is 1.60. The molecule has 0 saturated heterocycles. The first kappa shape index (κ1) is 12.3. The molecule has 4 heteroatoms. The lowest BCUT2D eigenvalue weighted by molar-refractivity contribution is 0.589. The van der Waals surface area contributed by atoms with Gasteiger partial charge in [0.25, 0.3) is 5.56 Å². The van der Waals surface area contributed by atoms with Crippen molar-refractivity contribution in [1.29, 1.82) is 0 Å². The zero-order valence-electron chi connectivity index (χ0n) is 9.81. The van der Waals surface area contributed by atoms with Gasteiger partial charge < -0.3 is 4.90 Å². The topological polar surface area (TPSA) is 38.1 Å². The van der Waals surface area contributed by atoms with Gasteiger partial charge in [-0.15, -0.1) is 12.3 Å². The summed E-state index contributed by atoms with van der Waals surface area (Å²) in [7, 11) is 1.95. The summed E-state index contributed by atoms with van der Waals surface area (Å²) in [6.45, 7) is 3.49. The van der Waals surface area contributed by atoms with Crippen molar-refractivity contribution in [2.24, 2.45) is 0 Å². The molecule has 1 rings (SSSR count). The number of rotatable bonds is 5. The van der Waals surface area contributed by atoms with Gasteiger partial charge in [0.2, 0.25) is 0 Å². The number of hydrogen-bond donors (Lipinski definition) is 0. The molecular weight excluding hydrogens is 202 g/mol. The lowest BCUT2D eigenvalue weighted by Crippen LogP contribution is -2.26. The molecule has 86 valence electrons. The van der Waals surface area contributed by atoms with Crippen molar-refractivity contribution in [2.75, 3.05) is 18.5 Å². The Balaban J connectivity index is 2.83. The molecule has 1 aromatic rings. The zero-order chi connectivity index (χ0) is 12.0. The summed E-state index contributed by atoms with van der Waals surface area (Å²) in [5.74, 6) is 2.49. The molecule has 0 atom stereocenters. The smallest absolute Gasteiger partial charge is 0.268 e. The Kier molecular flexibility index (Phi) is 4.59. The molecule has 0 radical (unpaired) electrons. The third-order valence-corrected chi connectivity index (χ3v) is 2.32. The molecule has 0 aromatic carbocycles. The molecule has 0 unspecified atom stereocenters. The number of aromatic nitrogens is 2. The van der Waals surface area contributed by atoms with Crippen LogP contribution in [0.15, 0.2) is 17.1 Å². The van der Waals surface area contributed by atoms with Crippen molar-refractivity contribution < 1.29 is 0 Å². The van der Waals surface area contributed by atoms with Crippen molar-refractivity contribution in [2.45, 2.75) is 26.3 Å². The van der Waals surface area contributed by atoms with Gasteiger partial charge in [-0.2, -0.15) is 5.10 Å². The van der Waals surface area contributed by atoms with Gasteiger partial charge in [0.15, 0.2) is 0 Å². The molecule has 16 heavy (non-hydrogen) atoms. The van der Waals surface area contributed by atoms with Crippen molar-refractivity contribution in [3.8, 4) is 12.3 Å². The van der Waals surface area contributed by atoms with Gasteiger partial charge in [0.1, 0.15) is 0 Å². The van der Waals surface area contributed by atoms with E-state index < -0.39 is 0 Å². The lowest BCUT2D eigenvalue weighted by Gasteiger charge is -2.17. The number of aryl methyl sites for hydroxylation is 1. The summed E-state index contributed by atoms with van der Waals surface area (Å²) in [4.78, 5) is 13.7. The van der Waals surface area contributed by atoms with E-state index in [1.54, 1.807) is 12.3 Å². The Hall–Kier alpha value is -1.76. The highest BCUT2D eigenvalue weighted by atomic mass is 16.1. The Labute approximate surface area is 95.9 Å². The Morgan fingerprint density at radius 3 is 2.94 bits per heavy atom. The highest BCUT2D eigenvalue weighted by molar-refractivity contribution is 5.41. The van der Waals surface area contributed by atoms with Crippen LogP contribution in [0.4, 0.5) is 5.69 Å². The van der Waals surface area contributed by atoms with Gasteiger partial charge in [0, 0.05) is 26.1 Å². The number of terminal acetylenes is 1. The number of nitrogens with zero attached hydrogens (tertiary/aromatic N) is 3. The molecule has 1 aromatic heterocycles. The molecule has 0 spiro atoms. The van der Waals surface area contributed by atoms with Gasteiger partial charge in [0.05, 0.1) is 18.4 Å². The highest BCUT2D eigenvalue weighted by Gasteiger charge is 2.03. The molecule has 0 amide bonds. The van der Waals surface area contributed by atoms with Gasteiger partial charge >= 0.3 is 0 Å². The van der Waals surface area contributed by atoms with Crippen LogP contribution in [0.2, 0.25) is 0 Å². The van der Waals surface area contributed by atoms with Crippen LogP contribution in [-0.4, -0.2) is 23.4 Å². The number of anilines is 1. The fourth-order valence-electron chi connectivity index (χ4n) is 1.44. The molecule has 4 nitrogen and oxygen atoms in total. The molecule has 0 aliphatic carbocycles. The monoisotopic (exact) mass is 219 g/mol. The van der Waals surface area contributed by atoms with Gasteiger partial charge in [-0.1, -0.05) is 6.92 Å². The maximum Gasteiger partial charge on any atom is 0.268 e. The summed E-state index contributed by atoms with van der Waals surface area (Å²) >= 11 is 0. The van der Waals surface area contributed by atoms with Crippen LogP contribution in [0, 0.1) is 12.3 Å². The largest absolute Gasteiger partial charge is 0.373 e. The average molecular weight is 219 g/mol. The first-order valence-electron chi connectivity index (χ1n) is 5.40. The maximum absolute atomic E-state index is 11.7. The van der Waals surface area contributed by atoms with Crippen LogP contribution in [-0.2, 0) is 6.54 Å². The van der Waals surface area contributed by atoms with E-state index in [1.165, 1.54) is 4.68 Å². The lowest BCUT2D eigenvalue weighted by atomic mass is 10.3. The number of hydrogen-bond acceptors (Lipinski definition) is 3. The Morgan fingerprint density at radius 1 is 1.62 bits per heavy atom. The van der Waals surface area contributed by atoms with Crippen LogP contribution >= 0.6 is 0 Å². The van der Waals surface area contributed by atoms with Crippen molar-refractivity contribution in [1.82, 2.24) is 9.78 Å².